The molecule has 0 unspecified atom stereocenters. The van der Waals surface area contributed by atoms with E-state index in [2.05, 4.69) is 5.73 Å². The van der Waals surface area contributed by atoms with Crippen LogP contribution in [-0.4, -0.2) is 22.0 Å². The average molecular weight is 334 g/mol. The average Bonchev–Trinajstić information content (AvgIpc) is 2.59. The van der Waals surface area contributed by atoms with Crippen molar-refractivity contribution in [1.82, 2.24) is 0 Å². The number of carboxylic acids is 1. The van der Waals surface area contributed by atoms with Crippen LogP contribution in [-0.2, 0) is 4.79 Å². The second-order valence-electron chi connectivity index (χ2n) is 5.63. The summed E-state index contributed by atoms with van der Waals surface area (Å²) in [5.74, 6) is -1.07. The Morgan fingerprint density at radius 3 is 2.12 bits per heavy atom. The molecule has 5 N–H and O–H groups in total. The Kier molecular flexibility index (Phi) is 4.33. The summed E-state index contributed by atoms with van der Waals surface area (Å²) in [6, 6.07) is 11.4. The molecule has 0 saturated carbocycles. The topological polar surface area (TPSA) is 102 Å². The van der Waals surface area contributed by atoms with Gasteiger partial charge in [0.2, 0.25) is 0 Å². The molecule has 0 amide bonds. The Labute approximate surface area is 144 Å². The van der Waals surface area contributed by atoms with Crippen molar-refractivity contribution in [3.05, 3.63) is 89.0 Å². The van der Waals surface area contributed by atoms with Crippen molar-refractivity contribution >= 4 is 23.0 Å². The Morgan fingerprint density at radius 1 is 0.880 bits per heavy atom. The molecule has 5 nitrogen and oxygen atoms in total. The zero-order valence-electron chi connectivity index (χ0n) is 13.3. The summed E-state index contributed by atoms with van der Waals surface area (Å²) in [5, 5.41) is 19.1. The predicted octanol–water partition coefficient (Wildman–Crippen LogP) is 2.46. The zero-order chi connectivity index (χ0) is 18.0. The molecule has 1 aliphatic rings. The molecule has 0 fully saturated rings. The number of aromatic carboxylic acids is 1. The number of quaternary nitrogens is 1. The van der Waals surface area contributed by atoms with E-state index in [0.717, 1.165) is 5.56 Å². The van der Waals surface area contributed by atoms with E-state index in [0.29, 0.717) is 22.4 Å². The van der Waals surface area contributed by atoms with E-state index in [4.69, 9.17) is 0 Å². The first-order valence-corrected chi connectivity index (χ1v) is 7.59. The van der Waals surface area contributed by atoms with E-state index in [1.54, 1.807) is 36.4 Å². The first kappa shape index (κ1) is 16.4. The number of carbonyl (C=O) groups is 2. The van der Waals surface area contributed by atoms with Crippen LogP contribution in [0.1, 0.15) is 21.5 Å². The van der Waals surface area contributed by atoms with Gasteiger partial charge in [-0.25, -0.2) is 4.79 Å². The Morgan fingerprint density at radius 2 is 1.52 bits per heavy atom. The van der Waals surface area contributed by atoms with Gasteiger partial charge in [0.25, 0.3) is 0 Å². The summed E-state index contributed by atoms with van der Waals surface area (Å²) in [4.78, 5) is 23.2. The monoisotopic (exact) mass is 334 g/mol. The van der Waals surface area contributed by atoms with Crippen molar-refractivity contribution in [1.29, 1.82) is 0 Å². The van der Waals surface area contributed by atoms with Gasteiger partial charge in [-0.1, -0.05) is 24.3 Å². The summed E-state index contributed by atoms with van der Waals surface area (Å²) in [6.45, 7) is 0. The highest BCUT2D eigenvalue weighted by atomic mass is 16.4. The summed E-state index contributed by atoms with van der Waals surface area (Å²) in [6.07, 6.45) is 6.19. The lowest BCUT2D eigenvalue weighted by Gasteiger charge is -2.15. The third-order valence-electron chi connectivity index (χ3n) is 3.88. The van der Waals surface area contributed by atoms with Crippen molar-refractivity contribution in [3.63, 3.8) is 0 Å². The molecule has 0 spiro atoms. The summed E-state index contributed by atoms with van der Waals surface area (Å²) in [7, 11) is 0. The van der Waals surface area contributed by atoms with Gasteiger partial charge in [0, 0.05) is 6.07 Å². The number of benzene rings is 2. The Hall–Kier alpha value is -3.44. The molecule has 124 valence electrons. The van der Waals surface area contributed by atoms with Gasteiger partial charge in [0.15, 0.2) is 5.78 Å². The number of rotatable bonds is 3. The third kappa shape index (κ3) is 3.41. The number of phenolic OH excluding ortho intramolecular Hbond substituents is 1. The number of allylic oxidation sites excluding steroid dienone is 5. The molecule has 5 heteroatoms. The highest BCUT2D eigenvalue weighted by Gasteiger charge is 2.19. The summed E-state index contributed by atoms with van der Waals surface area (Å²) < 4.78 is 0. The van der Waals surface area contributed by atoms with E-state index in [1.807, 2.05) is 0 Å². The highest BCUT2D eigenvalue weighted by molar-refractivity contribution is 6.04. The number of carbonyl (C=O) groups excluding carboxylic acids is 1. The van der Waals surface area contributed by atoms with Crippen molar-refractivity contribution in [3.8, 4) is 5.75 Å². The molecule has 0 radical (unpaired) electrons. The normalized spacial score (nSPS) is 13.2. The SMILES string of the molecule is [NH3+]c1ccc(C(=C2C=CC(=O)C=C2)c2ccc(O)cc2)c(C(=O)O)c1. The number of phenols is 1. The van der Waals surface area contributed by atoms with E-state index in [-0.39, 0.29) is 17.1 Å². The van der Waals surface area contributed by atoms with Crippen LogP contribution in [0.15, 0.2) is 72.3 Å². The van der Waals surface area contributed by atoms with Gasteiger partial charge in [-0.2, -0.15) is 0 Å². The van der Waals surface area contributed by atoms with Crippen LogP contribution in [0.4, 0.5) is 5.69 Å². The fraction of sp³-hybridized carbons (Fsp3) is 0. The number of hydrogen-bond acceptors (Lipinski definition) is 3. The van der Waals surface area contributed by atoms with Crippen LogP contribution in [0.3, 0.4) is 0 Å². The zero-order valence-corrected chi connectivity index (χ0v) is 13.3. The molecule has 0 bridgehead atoms. The van der Waals surface area contributed by atoms with Crippen LogP contribution < -0.4 is 5.73 Å². The second-order valence-corrected chi connectivity index (χ2v) is 5.63. The minimum Gasteiger partial charge on any atom is -0.508 e. The van der Waals surface area contributed by atoms with Crippen LogP contribution in [0.25, 0.3) is 5.57 Å². The second kappa shape index (κ2) is 6.59. The quantitative estimate of drug-likeness (QED) is 0.802. The van der Waals surface area contributed by atoms with Gasteiger partial charge < -0.3 is 15.9 Å². The molecule has 2 aromatic rings. The number of aromatic hydroxyl groups is 1. The van der Waals surface area contributed by atoms with Gasteiger partial charge in [-0.15, -0.1) is 0 Å². The first-order chi connectivity index (χ1) is 12.0. The minimum atomic E-state index is -1.06. The van der Waals surface area contributed by atoms with Crippen molar-refractivity contribution in [2.45, 2.75) is 0 Å². The maximum absolute atomic E-state index is 11.7. The van der Waals surface area contributed by atoms with E-state index < -0.39 is 5.97 Å². The molecule has 0 aliphatic heterocycles. The van der Waals surface area contributed by atoms with Crippen LogP contribution in [0.2, 0.25) is 0 Å². The number of hydrogen-bond donors (Lipinski definition) is 3. The maximum Gasteiger partial charge on any atom is 0.336 e. The van der Waals surface area contributed by atoms with E-state index in [1.165, 1.54) is 30.4 Å². The highest BCUT2D eigenvalue weighted by Crippen LogP contribution is 2.33. The number of carboxylic acid groups (broad SMARTS) is 1. The predicted molar refractivity (Wildman–Crippen MR) is 93.4 cm³/mol. The van der Waals surface area contributed by atoms with Gasteiger partial charge in [0.05, 0.1) is 5.56 Å². The van der Waals surface area contributed by atoms with Crippen LogP contribution >= 0.6 is 0 Å². The Bertz CT molecular complexity index is 932. The van der Waals surface area contributed by atoms with Crippen molar-refractivity contribution in [2.24, 2.45) is 0 Å². The van der Waals surface area contributed by atoms with Gasteiger partial charge in [-0.3, -0.25) is 4.79 Å². The third-order valence-corrected chi connectivity index (χ3v) is 3.88. The molecule has 3 rings (SSSR count). The first-order valence-electron chi connectivity index (χ1n) is 7.59. The molecule has 0 atom stereocenters. The molecule has 25 heavy (non-hydrogen) atoms. The fourth-order valence-corrected chi connectivity index (χ4v) is 2.71. The number of ketones is 1. The van der Waals surface area contributed by atoms with Crippen LogP contribution in [0, 0.1) is 0 Å². The minimum absolute atomic E-state index is 0.115. The Balaban J connectivity index is 2.30. The van der Waals surface area contributed by atoms with E-state index >= 15 is 0 Å². The van der Waals surface area contributed by atoms with Crippen molar-refractivity contribution < 1.29 is 25.5 Å². The standard InChI is InChI=1S/C20H15NO4/c21-14-5-10-17(18(11-14)20(24)25)19(12-1-6-15(22)7-2-12)13-3-8-16(23)9-4-13/h1-11,22H,21H2,(H,24,25)/p+1. The summed E-state index contributed by atoms with van der Waals surface area (Å²) in [5.41, 5.74) is 7.14. The molecule has 1 aliphatic carbocycles. The van der Waals surface area contributed by atoms with Gasteiger partial charge in [0.1, 0.15) is 11.4 Å². The molecule has 0 saturated heterocycles. The lowest BCUT2D eigenvalue weighted by Crippen LogP contribution is -2.40. The van der Waals surface area contributed by atoms with E-state index in [9.17, 15) is 19.8 Å². The van der Waals surface area contributed by atoms with Crippen molar-refractivity contribution in [2.75, 3.05) is 0 Å². The van der Waals surface area contributed by atoms with Crippen LogP contribution in [0.5, 0.6) is 5.75 Å². The van der Waals surface area contributed by atoms with Gasteiger partial charge >= 0.3 is 5.97 Å². The van der Waals surface area contributed by atoms with Gasteiger partial charge in [-0.05, 0) is 58.7 Å². The fourth-order valence-electron chi connectivity index (χ4n) is 2.71. The maximum atomic E-state index is 11.7. The summed E-state index contributed by atoms with van der Waals surface area (Å²) >= 11 is 0. The largest absolute Gasteiger partial charge is 0.508 e. The molecule has 0 heterocycles. The smallest absolute Gasteiger partial charge is 0.336 e. The lowest BCUT2D eigenvalue weighted by atomic mass is 9.88. The molecule has 2 aromatic carbocycles. The molecular weight excluding hydrogens is 318 g/mol. The molecule has 0 aromatic heterocycles. The lowest BCUT2D eigenvalue weighted by molar-refractivity contribution is -0.254. The molecular formula is C20H16NO4+.